The number of hydrogen-bond donors (Lipinski definition) is 0. The maximum Gasteiger partial charge on any atom is 0.0690 e. The zero-order valence-corrected chi connectivity index (χ0v) is 8.82. The fourth-order valence-corrected chi connectivity index (χ4v) is 1.79. The number of nitrogens with zero attached hydrogens (tertiary/aromatic N) is 2. The number of rotatable bonds is 1. The summed E-state index contributed by atoms with van der Waals surface area (Å²) in [4.78, 5) is 0. The van der Waals surface area contributed by atoms with Crippen molar-refractivity contribution in [1.29, 1.82) is 0 Å². The second kappa shape index (κ2) is 3.34. The minimum atomic E-state index is 1.10. The van der Waals surface area contributed by atoms with Gasteiger partial charge in [0.05, 0.1) is 5.69 Å². The average Bonchev–Trinajstić information content (AvgIpc) is 2.52. The van der Waals surface area contributed by atoms with Gasteiger partial charge < -0.3 is 0 Å². The first-order valence-corrected chi connectivity index (χ1v) is 4.81. The highest BCUT2D eigenvalue weighted by Gasteiger charge is 2.04. The molecular weight excluding hydrogens is 228 g/mol. The summed E-state index contributed by atoms with van der Waals surface area (Å²) >= 11 is 3.51. The van der Waals surface area contributed by atoms with E-state index in [1.807, 2.05) is 36.0 Å². The van der Waals surface area contributed by atoms with Crippen LogP contribution in [-0.2, 0) is 7.05 Å². The summed E-state index contributed by atoms with van der Waals surface area (Å²) in [6, 6.07) is 10.1. The first-order valence-electron chi connectivity index (χ1n) is 4.02. The van der Waals surface area contributed by atoms with Crippen molar-refractivity contribution in [1.82, 2.24) is 9.78 Å². The summed E-state index contributed by atoms with van der Waals surface area (Å²) in [5.41, 5.74) is 2.29. The van der Waals surface area contributed by atoms with Crippen LogP contribution in [0.2, 0.25) is 0 Å². The van der Waals surface area contributed by atoms with E-state index in [0.29, 0.717) is 0 Å². The third kappa shape index (κ3) is 1.52. The van der Waals surface area contributed by atoms with Crippen LogP contribution in [0.1, 0.15) is 0 Å². The lowest BCUT2D eigenvalue weighted by atomic mass is 10.1. The van der Waals surface area contributed by atoms with Gasteiger partial charge in [0.15, 0.2) is 0 Å². The maximum atomic E-state index is 4.13. The average molecular weight is 237 g/mol. The van der Waals surface area contributed by atoms with Crippen molar-refractivity contribution in [3.63, 3.8) is 0 Å². The molecule has 3 heteroatoms. The lowest BCUT2D eigenvalue weighted by Gasteiger charge is -2.03. The first kappa shape index (κ1) is 8.51. The molecule has 1 aromatic heterocycles. The number of halogens is 1. The van der Waals surface area contributed by atoms with Crippen molar-refractivity contribution in [2.45, 2.75) is 0 Å². The Morgan fingerprint density at radius 3 is 2.62 bits per heavy atom. The molecule has 13 heavy (non-hydrogen) atoms. The van der Waals surface area contributed by atoms with Gasteiger partial charge in [0.2, 0.25) is 0 Å². The molecule has 1 heterocycles. The summed E-state index contributed by atoms with van der Waals surface area (Å²) in [6.07, 6.45) is 1.80. The second-order valence-electron chi connectivity index (χ2n) is 2.82. The van der Waals surface area contributed by atoms with Crippen LogP contribution in [0.25, 0.3) is 11.3 Å². The zero-order chi connectivity index (χ0) is 9.26. The molecule has 0 saturated heterocycles. The van der Waals surface area contributed by atoms with Gasteiger partial charge in [0.1, 0.15) is 0 Å². The molecule has 0 bridgehead atoms. The molecule has 0 radical (unpaired) electrons. The van der Waals surface area contributed by atoms with E-state index in [0.717, 1.165) is 10.2 Å². The Morgan fingerprint density at radius 1 is 1.23 bits per heavy atom. The van der Waals surface area contributed by atoms with Crippen LogP contribution >= 0.6 is 15.9 Å². The molecule has 0 N–H and O–H groups in total. The Hall–Kier alpha value is -1.09. The molecular formula is C10H9BrN2. The predicted molar refractivity (Wildman–Crippen MR) is 56.3 cm³/mol. The minimum absolute atomic E-state index is 1.10. The molecule has 0 spiro atoms. The first-order chi connectivity index (χ1) is 6.29. The van der Waals surface area contributed by atoms with Gasteiger partial charge in [-0.05, 0) is 12.1 Å². The van der Waals surface area contributed by atoms with E-state index < -0.39 is 0 Å². The Bertz CT molecular complexity index is 420. The highest BCUT2D eigenvalue weighted by Crippen LogP contribution is 2.26. The summed E-state index contributed by atoms with van der Waals surface area (Å²) in [7, 11) is 1.94. The molecule has 66 valence electrons. The quantitative estimate of drug-likeness (QED) is 0.745. The number of aromatic nitrogens is 2. The molecule has 2 aromatic rings. The second-order valence-corrected chi connectivity index (χ2v) is 3.67. The Kier molecular flexibility index (Phi) is 2.19. The van der Waals surface area contributed by atoms with Crippen molar-refractivity contribution in [3.8, 4) is 11.3 Å². The highest BCUT2D eigenvalue weighted by molar-refractivity contribution is 9.10. The molecule has 0 saturated carbocycles. The third-order valence-electron chi connectivity index (χ3n) is 1.97. The van der Waals surface area contributed by atoms with Gasteiger partial charge in [-0.3, -0.25) is 4.68 Å². The van der Waals surface area contributed by atoms with Crippen molar-refractivity contribution in [3.05, 3.63) is 41.0 Å². The number of benzene rings is 1. The SMILES string of the molecule is Cn1nccc1-c1ccccc1Br. The Morgan fingerprint density at radius 2 is 2.00 bits per heavy atom. The van der Waals surface area contributed by atoms with Crippen LogP contribution < -0.4 is 0 Å². The Balaban J connectivity index is 2.59. The standard InChI is InChI=1S/C10H9BrN2/c1-13-10(6-7-12-13)8-4-2-3-5-9(8)11/h2-7H,1H3. The van der Waals surface area contributed by atoms with E-state index in [1.165, 1.54) is 5.56 Å². The molecule has 0 aliphatic carbocycles. The van der Waals surface area contributed by atoms with Crippen molar-refractivity contribution < 1.29 is 0 Å². The van der Waals surface area contributed by atoms with E-state index >= 15 is 0 Å². The molecule has 2 nitrogen and oxygen atoms in total. The fraction of sp³-hybridized carbons (Fsp3) is 0.100. The van der Waals surface area contributed by atoms with Crippen LogP contribution in [0, 0.1) is 0 Å². The third-order valence-corrected chi connectivity index (χ3v) is 2.66. The fourth-order valence-electron chi connectivity index (χ4n) is 1.31. The van der Waals surface area contributed by atoms with Gasteiger partial charge in [0, 0.05) is 23.3 Å². The smallest absolute Gasteiger partial charge is 0.0690 e. The van der Waals surface area contributed by atoms with E-state index in [-0.39, 0.29) is 0 Å². The van der Waals surface area contributed by atoms with Gasteiger partial charge in [0.25, 0.3) is 0 Å². The Labute approximate surface area is 85.3 Å². The van der Waals surface area contributed by atoms with Crippen LogP contribution in [0.4, 0.5) is 0 Å². The van der Waals surface area contributed by atoms with Gasteiger partial charge >= 0.3 is 0 Å². The molecule has 0 amide bonds. The number of aryl methyl sites for hydroxylation is 1. The molecule has 0 aliphatic heterocycles. The van der Waals surface area contributed by atoms with E-state index in [2.05, 4.69) is 27.1 Å². The summed E-state index contributed by atoms with van der Waals surface area (Å²) < 4.78 is 2.96. The predicted octanol–water partition coefficient (Wildman–Crippen LogP) is 2.85. The van der Waals surface area contributed by atoms with Crippen molar-refractivity contribution >= 4 is 15.9 Å². The summed E-state index contributed by atoms with van der Waals surface area (Å²) in [5, 5.41) is 4.13. The van der Waals surface area contributed by atoms with Gasteiger partial charge in [-0.1, -0.05) is 34.1 Å². The van der Waals surface area contributed by atoms with E-state index in [1.54, 1.807) is 6.20 Å². The molecule has 0 fully saturated rings. The molecule has 0 unspecified atom stereocenters. The van der Waals surface area contributed by atoms with E-state index in [4.69, 9.17) is 0 Å². The van der Waals surface area contributed by atoms with Crippen LogP contribution in [0.3, 0.4) is 0 Å². The summed E-state index contributed by atoms with van der Waals surface area (Å²) in [6.45, 7) is 0. The highest BCUT2D eigenvalue weighted by atomic mass is 79.9. The van der Waals surface area contributed by atoms with Gasteiger partial charge in [-0.25, -0.2) is 0 Å². The molecule has 0 atom stereocenters. The largest absolute Gasteiger partial charge is 0.268 e. The maximum absolute atomic E-state index is 4.13. The number of hydrogen-bond acceptors (Lipinski definition) is 1. The van der Waals surface area contributed by atoms with Crippen LogP contribution in [0.15, 0.2) is 41.0 Å². The zero-order valence-electron chi connectivity index (χ0n) is 7.24. The monoisotopic (exact) mass is 236 g/mol. The molecule has 0 aliphatic rings. The summed E-state index contributed by atoms with van der Waals surface area (Å²) in [5.74, 6) is 0. The normalized spacial score (nSPS) is 10.3. The topological polar surface area (TPSA) is 17.8 Å². The van der Waals surface area contributed by atoms with Crippen LogP contribution in [0.5, 0.6) is 0 Å². The molecule has 2 rings (SSSR count). The molecule has 1 aromatic carbocycles. The van der Waals surface area contributed by atoms with Gasteiger partial charge in [-0.15, -0.1) is 0 Å². The van der Waals surface area contributed by atoms with Gasteiger partial charge in [-0.2, -0.15) is 5.10 Å². The van der Waals surface area contributed by atoms with Crippen molar-refractivity contribution in [2.75, 3.05) is 0 Å². The lowest BCUT2D eigenvalue weighted by Crippen LogP contribution is -1.93. The lowest BCUT2D eigenvalue weighted by molar-refractivity contribution is 0.775. The minimum Gasteiger partial charge on any atom is -0.268 e. The van der Waals surface area contributed by atoms with E-state index in [9.17, 15) is 0 Å². The van der Waals surface area contributed by atoms with Crippen molar-refractivity contribution in [2.24, 2.45) is 7.05 Å². The van der Waals surface area contributed by atoms with Crippen LogP contribution in [-0.4, -0.2) is 9.78 Å².